The second kappa shape index (κ2) is 55.8. The summed E-state index contributed by atoms with van der Waals surface area (Å²) in [6.45, 7) is 5.87. The van der Waals surface area contributed by atoms with Crippen LogP contribution < -0.4 is 42.5 Å². The van der Waals surface area contributed by atoms with Crippen molar-refractivity contribution in [1.29, 1.82) is 0 Å². The zero-order chi connectivity index (χ0) is 80.7. The lowest BCUT2D eigenvalue weighted by molar-refractivity contribution is -0.272. The maximum Gasteiger partial charge on any atom is 0.242 e. The van der Waals surface area contributed by atoms with Gasteiger partial charge in [-0.1, -0.05) is 20.8 Å². The van der Waals surface area contributed by atoms with Crippen molar-refractivity contribution in [1.82, 2.24) is 42.5 Å². The standard InChI is InChI=1S/C65H119N8O34PS/c1-40(77)69-51-57(86)54(83)45(37-74)105-62(51)101-33-29-93-16-12-66-48(80)9-7-43(60(89)67-13-17-94-30-34-102-63-52(70-41(2)78)58(87)55(84)46(38-75)106-63)72-49(81)10-8-44(61(90)68-14-18-95-31-35-103-64-53(71-42(3)79)59(88)56(85)47(39-76)107-64)73-50(82)11-15-92-19-20-96-21-22-97-23-24-98-25-26-99-27-28-100-32-36-104-108(91,109)65(4,5)6/h43-47,51-59,62-64,74-76,83-88H,7-39H2,1-6H3,(H,66,80)(H,67,89)(H,68,90)(H,69,77)(H,70,78)(H,71,79)(H,72,81)(H,73,82)(H,91,109). The van der Waals surface area contributed by atoms with Crippen molar-refractivity contribution in [3.8, 4) is 0 Å². The molecule has 0 aliphatic carbocycles. The van der Waals surface area contributed by atoms with Gasteiger partial charge in [0.05, 0.1) is 165 Å². The van der Waals surface area contributed by atoms with E-state index in [4.69, 9.17) is 87.4 Å². The number of aliphatic hydroxyl groups is 9. The average molecular weight is 1620 g/mol. The normalized spacial score (nSPS) is 25.4. The van der Waals surface area contributed by atoms with Gasteiger partial charge in [0, 0.05) is 64.8 Å². The van der Waals surface area contributed by atoms with E-state index in [1.54, 1.807) is 0 Å². The van der Waals surface area contributed by atoms with Crippen molar-refractivity contribution in [2.75, 3.05) is 185 Å². The summed E-state index contributed by atoms with van der Waals surface area (Å²) in [5.74, 6) is -5.12. The number of ether oxygens (including phenoxy) is 15. The van der Waals surface area contributed by atoms with E-state index in [0.29, 0.717) is 39.6 Å². The predicted molar refractivity (Wildman–Crippen MR) is 380 cm³/mol. The molecule has 18 N–H and O–H groups in total. The molecule has 0 aromatic carbocycles. The van der Waals surface area contributed by atoms with Gasteiger partial charge in [0.25, 0.3) is 0 Å². The van der Waals surface area contributed by atoms with Crippen molar-refractivity contribution < 1.29 is 165 Å². The molecule has 0 aromatic rings. The highest BCUT2D eigenvalue weighted by molar-refractivity contribution is 8.10. The summed E-state index contributed by atoms with van der Waals surface area (Å²) in [7, 11) is 0. The molecule has 3 rings (SSSR count). The third-order valence-electron chi connectivity index (χ3n) is 16.2. The maximum atomic E-state index is 13.8. The Bertz CT molecular complexity index is 2660. The molecule has 18 atom stereocenters. The van der Waals surface area contributed by atoms with Gasteiger partial charge in [-0.2, -0.15) is 0 Å². The second-order valence-corrected chi connectivity index (χ2v) is 30.1. The topological polar surface area (TPSA) is 583 Å². The number of rotatable bonds is 59. The van der Waals surface area contributed by atoms with Crippen LogP contribution in [0.3, 0.4) is 0 Å². The Kier molecular flexibility index (Phi) is 50.4. The first-order chi connectivity index (χ1) is 52.0. The van der Waals surface area contributed by atoms with Crippen LogP contribution in [0.15, 0.2) is 0 Å². The summed E-state index contributed by atoms with van der Waals surface area (Å²) in [5.41, 5.74) is 0. The lowest BCUT2D eigenvalue weighted by Gasteiger charge is -2.42. The predicted octanol–water partition coefficient (Wildman–Crippen LogP) is -8.60. The lowest BCUT2D eigenvalue weighted by atomic mass is 9.97. The van der Waals surface area contributed by atoms with Crippen LogP contribution >= 0.6 is 6.49 Å². The van der Waals surface area contributed by atoms with Gasteiger partial charge >= 0.3 is 0 Å². The first-order valence-electron chi connectivity index (χ1n) is 36.1. The number of carbonyl (C=O) groups is 8. The van der Waals surface area contributed by atoms with E-state index >= 15 is 0 Å². The van der Waals surface area contributed by atoms with Crippen molar-refractivity contribution >= 4 is 65.6 Å². The van der Waals surface area contributed by atoms with Gasteiger partial charge in [-0.05, 0) is 24.6 Å². The highest BCUT2D eigenvalue weighted by atomic mass is 32.5. The minimum Gasteiger partial charge on any atom is -0.394 e. The number of hydrogen-bond acceptors (Lipinski definition) is 34. The molecule has 3 aliphatic rings. The third-order valence-corrected chi connectivity index (χ3v) is 20.4. The van der Waals surface area contributed by atoms with E-state index in [0.717, 1.165) is 0 Å². The van der Waals surface area contributed by atoms with Gasteiger partial charge in [0.1, 0.15) is 85.1 Å². The SMILES string of the molecule is CC(=O)NC1C(OCCOCCNC(=O)CCC(NC(=O)CCC(NC(=O)CCOCCOCCOCCOCCOCCOCCOP(O)(=S)C(C)(C)C)C(=O)NCCOCCOC2OC(CO)C(O)C(O)C2NC(C)=O)C(=O)NCCOCCOC2OC(CO)C(O)C(O)C2NC(C)=O)OC(CO)C(O)C1O. The minimum atomic E-state index is -2.92. The van der Waals surface area contributed by atoms with Gasteiger partial charge in [0.15, 0.2) is 25.4 Å². The summed E-state index contributed by atoms with van der Waals surface area (Å²) in [4.78, 5) is 114. The highest BCUT2D eigenvalue weighted by Gasteiger charge is 2.48. The fourth-order valence-electron chi connectivity index (χ4n) is 10.3. The smallest absolute Gasteiger partial charge is 0.242 e. The summed E-state index contributed by atoms with van der Waals surface area (Å²) in [5, 5.41) is 111. The molecule has 18 unspecified atom stereocenters. The maximum absolute atomic E-state index is 13.8. The van der Waals surface area contributed by atoms with E-state index in [-0.39, 0.29) is 151 Å². The molecule has 634 valence electrons. The molecule has 0 aromatic heterocycles. The number of amides is 8. The number of aliphatic hydroxyl groups excluding tert-OH is 9. The molecule has 0 spiro atoms. The molecule has 0 radical (unpaired) electrons. The fraction of sp³-hybridized carbons (Fsp3) is 0.877. The summed E-state index contributed by atoms with van der Waals surface area (Å²) < 4.78 is 88.8. The zero-order valence-corrected chi connectivity index (χ0v) is 64.5. The molecule has 44 heteroatoms. The Balaban J connectivity index is 1.57. The van der Waals surface area contributed by atoms with Crippen LogP contribution in [0.1, 0.15) is 73.6 Å². The molecule has 3 saturated heterocycles. The Morgan fingerprint density at radius 2 is 0.661 bits per heavy atom. The van der Waals surface area contributed by atoms with Gasteiger partial charge in [-0.15, -0.1) is 0 Å². The Morgan fingerprint density at radius 3 is 0.972 bits per heavy atom. The first-order valence-corrected chi connectivity index (χ1v) is 38.7. The molecule has 3 heterocycles. The molecule has 0 saturated carbocycles. The van der Waals surface area contributed by atoms with Crippen molar-refractivity contribution in [2.45, 2.75) is 183 Å². The fourth-order valence-corrected chi connectivity index (χ4v) is 11.2. The number of carbonyl (C=O) groups excluding carboxylic acids is 8. The zero-order valence-electron chi connectivity index (χ0n) is 62.8. The molecular weight excluding hydrogens is 1500 g/mol. The van der Waals surface area contributed by atoms with Crippen LogP contribution in [0.5, 0.6) is 0 Å². The van der Waals surface area contributed by atoms with Crippen LogP contribution in [-0.4, -0.2) is 392 Å². The number of hydrogen-bond donors (Lipinski definition) is 18. The quantitative estimate of drug-likeness (QED) is 0.0199. The average Bonchev–Trinajstić information content (AvgIpc) is 0.815. The molecule has 8 amide bonds. The van der Waals surface area contributed by atoms with Crippen molar-refractivity contribution in [3.05, 3.63) is 0 Å². The molecule has 0 bridgehead atoms. The van der Waals surface area contributed by atoms with E-state index in [1.165, 1.54) is 20.8 Å². The summed E-state index contributed by atoms with van der Waals surface area (Å²) in [6.07, 6.45) is -18.3. The van der Waals surface area contributed by atoms with Crippen molar-refractivity contribution in [2.24, 2.45) is 0 Å². The molecule has 109 heavy (non-hydrogen) atoms. The van der Waals surface area contributed by atoms with Crippen LogP contribution in [0.2, 0.25) is 0 Å². The summed E-state index contributed by atoms with van der Waals surface area (Å²) in [6, 6.07) is -6.29. The van der Waals surface area contributed by atoms with E-state index in [1.807, 2.05) is 20.8 Å². The van der Waals surface area contributed by atoms with Crippen LogP contribution in [0, 0.1) is 0 Å². The highest BCUT2D eigenvalue weighted by Crippen LogP contribution is 2.55. The van der Waals surface area contributed by atoms with E-state index in [2.05, 4.69) is 42.5 Å². The molecular formula is C65H119N8O34PS. The first kappa shape index (κ1) is 98.6. The van der Waals surface area contributed by atoms with Gasteiger partial charge in [-0.3, -0.25) is 38.4 Å². The van der Waals surface area contributed by atoms with Crippen LogP contribution in [0.25, 0.3) is 0 Å². The third kappa shape index (κ3) is 39.8. The van der Waals surface area contributed by atoms with Crippen LogP contribution in [0.4, 0.5) is 0 Å². The molecule has 42 nitrogen and oxygen atoms in total. The Morgan fingerprint density at radius 1 is 0.385 bits per heavy atom. The Hall–Kier alpha value is -4.63. The van der Waals surface area contributed by atoms with Crippen LogP contribution in [-0.2, 0) is 126 Å². The van der Waals surface area contributed by atoms with Gasteiger partial charge in [-0.25, -0.2) is 0 Å². The Labute approximate surface area is 638 Å². The lowest BCUT2D eigenvalue weighted by Crippen LogP contribution is -2.64. The van der Waals surface area contributed by atoms with E-state index < -0.39 is 189 Å². The second-order valence-electron chi connectivity index (χ2n) is 25.9. The number of nitrogens with one attached hydrogen (secondary N) is 8. The van der Waals surface area contributed by atoms with Gasteiger partial charge in [0.2, 0.25) is 47.3 Å². The van der Waals surface area contributed by atoms with Gasteiger partial charge < -0.3 is 169 Å². The molecule has 3 aliphatic heterocycles. The molecule has 3 fully saturated rings. The van der Waals surface area contributed by atoms with E-state index in [9.17, 15) is 89.2 Å². The largest absolute Gasteiger partial charge is 0.394 e. The summed E-state index contributed by atoms with van der Waals surface area (Å²) >= 11 is 5.19. The van der Waals surface area contributed by atoms with Crippen molar-refractivity contribution in [3.63, 3.8) is 0 Å². The monoisotopic (exact) mass is 1620 g/mol. The minimum absolute atomic E-state index is 0.0344.